The van der Waals surface area contributed by atoms with Gasteiger partial charge in [-0.1, -0.05) is 0 Å². The van der Waals surface area contributed by atoms with Crippen molar-refractivity contribution in [1.82, 2.24) is 39.4 Å². The van der Waals surface area contributed by atoms with Crippen molar-refractivity contribution in [3.63, 3.8) is 0 Å². The summed E-state index contributed by atoms with van der Waals surface area (Å²) in [5.41, 5.74) is 2.30. The van der Waals surface area contributed by atoms with Crippen molar-refractivity contribution in [2.75, 3.05) is 0 Å². The predicted octanol–water partition coefficient (Wildman–Crippen LogP) is 2.86. The van der Waals surface area contributed by atoms with Crippen LogP contribution >= 0.6 is 0 Å². The molecule has 0 aliphatic heterocycles. The van der Waals surface area contributed by atoms with E-state index >= 15 is 0 Å². The molecule has 0 N–H and O–H groups in total. The SMILES string of the molecule is Cc1nnc2ccc(-c3cc(C4CC4c4cn(C)nc4C(F)(F)F)nn3C)nn12. The van der Waals surface area contributed by atoms with E-state index in [0.29, 0.717) is 23.6 Å². The highest BCUT2D eigenvalue weighted by Gasteiger charge is 2.48. The Labute approximate surface area is 163 Å². The van der Waals surface area contributed by atoms with Gasteiger partial charge in [-0.3, -0.25) is 9.36 Å². The second kappa shape index (κ2) is 5.88. The number of aromatic nitrogens is 8. The van der Waals surface area contributed by atoms with E-state index in [1.807, 2.05) is 25.1 Å². The van der Waals surface area contributed by atoms with Crippen molar-refractivity contribution < 1.29 is 13.2 Å². The maximum atomic E-state index is 13.3. The van der Waals surface area contributed by atoms with Crippen LogP contribution in [0.2, 0.25) is 0 Å². The first-order valence-electron chi connectivity index (χ1n) is 9.06. The van der Waals surface area contributed by atoms with Gasteiger partial charge in [0.25, 0.3) is 0 Å². The number of rotatable bonds is 3. The van der Waals surface area contributed by atoms with E-state index in [2.05, 4.69) is 25.5 Å². The fraction of sp³-hybridized carbons (Fsp3) is 0.389. The Balaban J connectivity index is 1.47. The highest BCUT2D eigenvalue weighted by molar-refractivity contribution is 5.57. The van der Waals surface area contributed by atoms with Crippen LogP contribution in [0.1, 0.15) is 41.0 Å². The van der Waals surface area contributed by atoms with E-state index in [1.54, 1.807) is 16.2 Å². The molecule has 1 saturated carbocycles. The third kappa shape index (κ3) is 2.88. The van der Waals surface area contributed by atoms with Crippen LogP contribution in [0.25, 0.3) is 17.0 Å². The molecule has 2 unspecified atom stereocenters. The summed E-state index contributed by atoms with van der Waals surface area (Å²) in [4.78, 5) is 0. The Bertz CT molecular complexity index is 1230. The van der Waals surface area contributed by atoms with E-state index in [-0.39, 0.29) is 17.4 Å². The summed E-state index contributed by atoms with van der Waals surface area (Å²) in [6.07, 6.45) is -2.39. The Morgan fingerprint density at radius 3 is 2.59 bits per heavy atom. The Hall–Kier alpha value is -3.24. The molecule has 1 aliphatic rings. The lowest BCUT2D eigenvalue weighted by molar-refractivity contribution is -0.142. The van der Waals surface area contributed by atoms with Gasteiger partial charge >= 0.3 is 6.18 Å². The smallest absolute Gasteiger partial charge is 0.275 e. The van der Waals surface area contributed by atoms with Crippen LogP contribution < -0.4 is 0 Å². The normalized spacial score (nSPS) is 19.2. The molecule has 0 radical (unpaired) electrons. The summed E-state index contributed by atoms with van der Waals surface area (Å²) >= 11 is 0. The van der Waals surface area contributed by atoms with Gasteiger partial charge in [0.15, 0.2) is 17.2 Å². The minimum atomic E-state index is -4.46. The molecule has 0 aromatic carbocycles. The minimum Gasteiger partial charge on any atom is -0.275 e. The number of fused-ring (bicyclic) bond motifs is 1. The highest BCUT2D eigenvalue weighted by Crippen LogP contribution is 2.56. The minimum absolute atomic E-state index is 0.0689. The van der Waals surface area contributed by atoms with Gasteiger partial charge in [0.1, 0.15) is 5.69 Å². The third-order valence-corrected chi connectivity index (χ3v) is 5.28. The first-order chi connectivity index (χ1) is 13.7. The second-order valence-corrected chi connectivity index (χ2v) is 7.37. The van der Waals surface area contributed by atoms with Crippen molar-refractivity contribution in [2.24, 2.45) is 14.1 Å². The summed E-state index contributed by atoms with van der Waals surface area (Å²) in [5.74, 6) is 0.363. The van der Waals surface area contributed by atoms with Crippen LogP contribution in [-0.2, 0) is 20.3 Å². The molecule has 5 rings (SSSR count). The lowest BCUT2D eigenvalue weighted by Gasteiger charge is -2.05. The van der Waals surface area contributed by atoms with Gasteiger partial charge in [0.2, 0.25) is 0 Å². The van der Waals surface area contributed by atoms with Crippen molar-refractivity contribution in [3.8, 4) is 11.4 Å². The number of alkyl halides is 3. The average Bonchev–Trinajstić information content (AvgIpc) is 2.98. The van der Waals surface area contributed by atoms with E-state index in [4.69, 9.17) is 0 Å². The molecule has 4 heterocycles. The monoisotopic (exact) mass is 402 g/mol. The van der Waals surface area contributed by atoms with Gasteiger partial charge in [-0.05, 0) is 37.5 Å². The zero-order chi connectivity index (χ0) is 20.5. The van der Waals surface area contributed by atoms with Crippen LogP contribution in [0.5, 0.6) is 0 Å². The summed E-state index contributed by atoms with van der Waals surface area (Å²) in [6, 6.07) is 5.54. The molecule has 4 aromatic heterocycles. The molecular weight excluding hydrogens is 385 g/mol. The molecule has 0 saturated heterocycles. The standard InChI is InChI=1S/C18H17F3N8/c1-9-22-23-16-5-4-13(25-29(9)16)15-7-14(24-28(15)3)11-6-10(11)12-8-27(2)26-17(12)18(19,20)21/h4-5,7-8,10-11H,6H2,1-3H3. The fourth-order valence-corrected chi connectivity index (χ4v) is 3.81. The van der Waals surface area contributed by atoms with Crippen LogP contribution in [0.4, 0.5) is 13.2 Å². The van der Waals surface area contributed by atoms with Gasteiger partial charge in [-0.15, -0.1) is 10.2 Å². The molecule has 1 aliphatic carbocycles. The van der Waals surface area contributed by atoms with Gasteiger partial charge < -0.3 is 0 Å². The van der Waals surface area contributed by atoms with E-state index in [9.17, 15) is 13.2 Å². The van der Waals surface area contributed by atoms with Crippen molar-refractivity contribution >= 4 is 5.65 Å². The number of hydrogen-bond donors (Lipinski definition) is 0. The predicted molar refractivity (Wildman–Crippen MR) is 96.0 cm³/mol. The van der Waals surface area contributed by atoms with Crippen LogP contribution in [0, 0.1) is 6.92 Å². The molecule has 2 atom stereocenters. The summed E-state index contributed by atoms with van der Waals surface area (Å²) in [6.45, 7) is 1.81. The maximum Gasteiger partial charge on any atom is 0.435 e. The Morgan fingerprint density at radius 2 is 1.83 bits per heavy atom. The molecular formula is C18H17F3N8. The van der Waals surface area contributed by atoms with Crippen LogP contribution in [0.3, 0.4) is 0 Å². The number of aryl methyl sites for hydroxylation is 3. The molecule has 29 heavy (non-hydrogen) atoms. The molecule has 1 fully saturated rings. The molecule has 4 aromatic rings. The first kappa shape index (κ1) is 17.8. The van der Waals surface area contributed by atoms with Gasteiger partial charge in [-0.25, -0.2) is 0 Å². The van der Waals surface area contributed by atoms with Gasteiger partial charge in [0.05, 0.1) is 11.4 Å². The van der Waals surface area contributed by atoms with Crippen molar-refractivity contribution in [2.45, 2.75) is 31.4 Å². The van der Waals surface area contributed by atoms with E-state index in [0.717, 1.165) is 11.4 Å². The molecule has 150 valence electrons. The topological polar surface area (TPSA) is 78.7 Å². The van der Waals surface area contributed by atoms with Gasteiger partial charge in [-0.2, -0.15) is 33.0 Å². The lowest BCUT2D eigenvalue weighted by Crippen LogP contribution is -2.09. The summed E-state index contributed by atoms with van der Waals surface area (Å²) in [7, 11) is 3.30. The molecule has 8 nitrogen and oxygen atoms in total. The molecule has 0 amide bonds. The number of halogens is 3. The van der Waals surface area contributed by atoms with E-state index in [1.165, 1.54) is 17.9 Å². The van der Waals surface area contributed by atoms with Crippen molar-refractivity contribution in [3.05, 3.63) is 47.2 Å². The first-order valence-corrected chi connectivity index (χ1v) is 9.06. The largest absolute Gasteiger partial charge is 0.435 e. The van der Waals surface area contributed by atoms with Crippen molar-refractivity contribution in [1.29, 1.82) is 0 Å². The number of hydrogen-bond acceptors (Lipinski definition) is 5. The average molecular weight is 402 g/mol. The summed E-state index contributed by atoms with van der Waals surface area (Å²) < 4.78 is 44.4. The number of nitrogens with zero attached hydrogens (tertiary/aromatic N) is 8. The highest BCUT2D eigenvalue weighted by atomic mass is 19.4. The fourth-order valence-electron chi connectivity index (χ4n) is 3.81. The molecule has 0 bridgehead atoms. The Morgan fingerprint density at radius 1 is 1.03 bits per heavy atom. The Kier molecular flexibility index (Phi) is 3.61. The maximum absolute atomic E-state index is 13.3. The van der Waals surface area contributed by atoms with Crippen LogP contribution in [-0.4, -0.2) is 39.4 Å². The quantitative estimate of drug-likeness (QED) is 0.527. The summed E-state index contributed by atoms with van der Waals surface area (Å²) in [5, 5.41) is 20.7. The van der Waals surface area contributed by atoms with Crippen LogP contribution in [0.15, 0.2) is 24.4 Å². The zero-order valence-electron chi connectivity index (χ0n) is 15.9. The second-order valence-electron chi connectivity index (χ2n) is 7.37. The molecule has 0 spiro atoms. The molecule has 11 heteroatoms. The zero-order valence-corrected chi connectivity index (χ0v) is 15.9. The van der Waals surface area contributed by atoms with E-state index < -0.39 is 11.9 Å². The third-order valence-electron chi connectivity index (χ3n) is 5.28. The lowest BCUT2D eigenvalue weighted by atomic mass is 10.1. The van der Waals surface area contributed by atoms with Gasteiger partial charge in [0, 0.05) is 31.8 Å².